The molecule has 0 saturated heterocycles. The lowest BCUT2D eigenvalue weighted by Crippen LogP contribution is -2.40. The van der Waals surface area contributed by atoms with Crippen LogP contribution < -0.4 is 0 Å². The van der Waals surface area contributed by atoms with Gasteiger partial charge in [0.05, 0.1) is 16.1 Å². The van der Waals surface area contributed by atoms with Gasteiger partial charge in [-0.2, -0.15) is 0 Å². The second kappa shape index (κ2) is 7.69. The van der Waals surface area contributed by atoms with E-state index < -0.39 is 29.3 Å². The molecule has 1 heterocycles. The van der Waals surface area contributed by atoms with Gasteiger partial charge in [0, 0.05) is 12.1 Å². The Kier molecular flexibility index (Phi) is 5.49. The fraction of sp³-hybridized carbons (Fsp3) is 0.550. The Bertz CT molecular complexity index is 834. The van der Waals surface area contributed by atoms with Crippen LogP contribution in [0.5, 0.6) is 0 Å². The predicted molar refractivity (Wildman–Crippen MR) is 99.7 cm³/mol. The van der Waals surface area contributed by atoms with Gasteiger partial charge >= 0.3 is 5.97 Å². The Morgan fingerprint density at radius 1 is 1.25 bits per heavy atom. The quantitative estimate of drug-likeness (QED) is 0.332. The Morgan fingerprint density at radius 2 is 1.93 bits per heavy atom. The molecule has 8 nitrogen and oxygen atoms in total. The highest BCUT2D eigenvalue weighted by molar-refractivity contribution is 6.22. The van der Waals surface area contributed by atoms with E-state index >= 15 is 0 Å². The number of imide groups is 1. The molecule has 28 heavy (non-hydrogen) atoms. The predicted octanol–water partition coefficient (Wildman–Crippen LogP) is 3.19. The van der Waals surface area contributed by atoms with Crippen LogP contribution in [0.1, 0.15) is 60.7 Å². The van der Waals surface area contributed by atoms with Crippen molar-refractivity contribution in [3.05, 3.63) is 39.4 Å². The van der Waals surface area contributed by atoms with Crippen LogP contribution in [0.2, 0.25) is 0 Å². The van der Waals surface area contributed by atoms with E-state index in [2.05, 4.69) is 20.8 Å². The molecule has 1 aliphatic heterocycles. The number of carbonyl (C=O) groups is 3. The van der Waals surface area contributed by atoms with Crippen LogP contribution in [0.15, 0.2) is 18.2 Å². The van der Waals surface area contributed by atoms with Crippen LogP contribution in [0.4, 0.5) is 5.69 Å². The minimum absolute atomic E-state index is 0.0571. The highest BCUT2D eigenvalue weighted by Gasteiger charge is 2.39. The number of esters is 1. The second-order valence-corrected chi connectivity index (χ2v) is 8.04. The molecule has 0 aromatic heterocycles. The smallest absolute Gasteiger partial charge is 0.326 e. The molecule has 2 aliphatic rings. The van der Waals surface area contributed by atoms with E-state index in [0.29, 0.717) is 11.8 Å². The highest BCUT2D eigenvalue weighted by Crippen LogP contribution is 2.35. The first-order valence-electron chi connectivity index (χ1n) is 9.53. The van der Waals surface area contributed by atoms with Crippen LogP contribution in [-0.4, -0.2) is 40.3 Å². The maximum Gasteiger partial charge on any atom is 0.326 e. The van der Waals surface area contributed by atoms with Gasteiger partial charge in [-0.05, 0) is 36.7 Å². The van der Waals surface area contributed by atoms with E-state index in [1.165, 1.54) is 12.1 Å². The molecule has 1 aromatic carbocycles. The average Bonchev–Trinajstić information content (AvgIpc) is 2.86. The number of rotatable bonds is 5. The van der Waals surface area contributed by atoms with Gasteiger partial charge in [-0.3, -0.25) is 29.4 Å². The number of hydrogen-bond acceptors (Lipinski definition) is 6. The number of amides is 2. The van der Waals surface area contributed by atoms with Crippen molar-refractivity contribution in [2.24, 2.45) is 17.8 Å². The molecule has 2 amide bonds. The molecule has 3 atom stereocenters. The largest absolute Gasteiger partial charge is 0.461 e. The van der Waals surface area contributed by atoms with Crippen LogP contribution in [0.3, 0.4) is 0 Å². The first kappa shape index (κ1) is 20.0. The molecule has 1 fully saturated rings. The minimum atomic E-state index is -0.710. The summed E-state index contributed by atoms with van der Waals surface area (Å²) >= 11 is 0. The van der Waals surface area contributed by atoms with E-state index in [4.69, 9.17) is 4.74 Å². The van der Waals surface area contributed by atoms with Crippen molar-refractivity contribution in [2.75, 3.05) is 6.54 Å². The number of fused-ring (bicyclic) bond motifs is 1. The van der Waals surface area contributed by atoms with E-state index in [1.807, 2.05) is 0 Å². The number of nitro benzene ring substituents is 1. The molecule has 1 saturated carbocycles. The molecule has 3 rings (SSSR count). The summed E-state index contributed by atoms with van der Waals surface area (Å²) in [6, 6.07) is 3.48. The molecule has 0 radical (unpaired) electrons. The molecule has 150 valence electrons. The number of carbonyl (C=O) groups excluding carboxylic acids is 3. The Morgan fingerprint density at radius 3 is 2.57 bits per heavy atom. The fourth-order valence-corrected chi connectivity index (χ4v) is 4.12. The first-order valence-corrected chi connectivity index (χ1v) is 9.53. The monoisotopic (exact) mass is 388 g/mol. The number of nitrogens with zero attached hydrogens (tertiary/aromatic N) is 2. The van der Waals surface area contributed by atoms with Gasteiger partial charge in [0.25, 0.3) is 17.5 Å². The van der Waals surface area contributed by atoms with Crippen LogP contribution in [0, 0.1) is 27.9 Å². The van der Waals surface area contributed by atoms with Crippen molar-refractivity contribution in [2.45, 2.75) is 46.1 Å². The number of ether oxygens (including phenoxy) is 1. The average molecular weight is 388 g/mol. The number of hydrogen-bond donors (Lipinski definition) is 0. The van der Waals surface area contributed by atoms with Gasteiger partial charge in [-0.15, -0.1) is 0 Å². The number of non-ortho nitro benzene ring substituents is 1. The van der Waals surface area contributed by atoms with Crippen molar-refractivity contribution in [1.82, 2.24) is 4.90 Å². The fourth-order valence-electron chi connectivity index (χ4n) is 4.12. The van der Waals surface area contributed by atoms with Gasteiger partial charge in [0.15, 0.2) is 0 Å². The first-order chi connectivity index (χ1) is 13.2. The molecule has 1 aliphatic carbocycles. The SMILES string of the molecule is CC(C)[C@H]1CC[C@H](C)C[C@H]1OC(=O)CN1C(=O)c2ccc([N+](=O)[O-])cc2C1=O. The van der Waals surface area contributed by atoms with Crippen LogP contribution in [0.25, 0.3) is 0 Å². The minimum Gasteiger partial charge on any atom is -0.461 e. The maximum absolute atomic E-state index is 12.5. The van der Waals surface area contributed by atoms with Crippen molar-refractivity contribution in [1.29, 1.82) is 0 Å². The summed E-state index contributed by atoms with van der Waals surface area (Å²) < 4.78 is 5.66. The summed E-state index contributed by atoms with van der Waals surface area (Å²) in [5.41, 5.74) is -0.270. The van der Waals surface area contributed by atoms with Gasteiger partial charge in [-0.25, -0.2) is 0 Å². The third-order valence-electron chi connectivity index (χ3n) is 5.70. The molecule has 0 unspecified atom stereocenters. The summed E-state index contributed by atoms with van der Waals surface area (Å²) in [6.45, 7) is 5.82. The van der Waals surface area contributed by atoms with Gasteiger partial charge in [0.2, 0.25) is 0 Å². The molecule has 1 aromatic rings. The van der Waals surface area contributed by atoms with Crippen LogP contribution >= 0.6 is 0 Å². The summed E-state index contributed by atoms with van der Waals surface area (Å²) in [6.07, 6.45) is 2.61. The van der Waals surface area contributed by atoms with Gasteiger partial charge in [0.1, 0.15) is 12.6 Å². The molecular weight excluding hydrogens is 364 g/mol. The molecule has 8 heteroatoms. The third kappa shape index (κ3) is 3.76. The molecule has 0 bridgehead atoms. The van der Waals surface area contributed by atoms with Crippen LogP contribution in [-0.2, 0) is 9.53 Å². The van der Waals surface area contributed by atoms with Crippen molar-refractivity contribution in [3.63, 3.8) is 0 Å². The summed E-state index contributed by atoms with van der Waals surface area (Å²) in [4.78, 5) is 48.5. The summed E-state index contributed by atoms with van der Waals surface area (Å²) in [5.74, 6) is -0.904. The zero-order valence-electron chi connectivity index (χ0n) is 16.2. The molecular formula is C20H24N2O6. The maximum atomic E-state index is 12.5. The summed E-state index contributed by atoms with van der Waals surface area (Å²) in [7, 11) is 0. The Hall–Kier alpha value is -2.77. The zero-order chi connectivity index (χ0) is 20.6. The highest BCUT2D eigenvalue weighted by atomic mass is 16.6. The van der Waals surface area contributed by atoms with Gasteiger partial charge in [-0.1, -0.05) is 27.2 Å². The van der Waals surface area contributed by atoms with Crippen molar-refractivity contribution in [3.8, 4) is 0 Å². The van der Waals surface area contributed by atoms with E-state index in [-0.39, 0.29) is 28.8 Å². The molecule has 0 N–H and O–H groups in total. The topological polar surface area (TPSA) is 107 Å². The van der Waals surface area contributed by atoms with E-state index in [9.17, 15) is 24.5 Å². The zero-order valence-corrected chi connectivity index (χ0v) is 16.2. The standard InChI is InChI=1S/C20H24N2O6/c1-11(2)14-6-4-12(3)8-17(14)28-18(23)10-21-19(24)15-7-5-13(22(26)27)9-16(15)20(21)25/h5,7,9,11-12,14,17H,4,6,8,10H2,1-3H3/t12-,14+,17+/m0/s1. The van der Waals surface area contributed by atoms with Crippen molar-refractivity contribution >= 4 is 23.5 Å². The number of benzene rings is 1. The molecule has 0 spiro atoms. The Labute approximate surface area is 163 Å². The summed E-state index contributed by atoms with van der Waals surface area (Å²) in [5, 5.41) is 10.9. The lowest BCUT2D eigenvalue weighted by molar-refractivity contribution is -0.384. The third-order valence-corrected chi connectivity index (χ3v) is 5.70. The Balaban J connectivity index is 1.71. The van der Waals surface area contributed by atoms with Crippen molar-refractivity contribution < 1.29 is 24.0 Å². The van der Waals surface area contributed by atoms with Gasteiger partial charge < -0.3 is 4.74 Å². The lowest BCUT2D eigenvalue weighted by atomic mass is 9.75. The lowest BCUT2D eigenvalue weighted by Gasteiger charge is -2.36. The van der Waals surface area contributed by atoms with E-state index in [1.54, 1.807) is 0 Å². The second-order valence-electron chi connectivity index (χ2n) is 8.04. The normalized spacial score (nSPS) is 24.4. The van der Waals surface area contributed by atoms with E-state index in [0.717, 1.165) is 30.2 Å². The number of nitro groups is 1.